The highest BCUT2D eigenvalue weighted by Crippen LogP contribution is 2.38. The van der Waals surface area contributed by atoms with Crippen LogP contribution in [0.15, 0.2) is 89.0 Å². The van der Waals surface area contributed by atoms with E-state index in [1.54, 1.807) is 5.55 Å². The number of pyridine rings is 1. The molecule has 3 aromatic rings. The van der Waals surface area contributed by atoms with Crippen molar-refractivity contribution in [2.45, 2.75) is 12.2 Å². The number of hydrogen-bond donors (Lipinski definition) is 3. The number of nitrogens with one attached hydrogen (secondary N) is 2. The highest BCUT2D eigenvalue weighted by molar-refractivity contribution is 8.32. The molecule has 0 spiro atoms. The van der Waals surface area contributed by atoms with Crippen molar-refractivity contribution in [3.05, 3.63) is 106 Å². The van der Waals surface area contributed by atoms with E-state index in [9.17, 15) is 18.0 Å². The van der Waals surface area contributed by atoms with Gasteiger partial charge in [0.25, 0.3) is 5.91 Å². The number of aliphatic imine (C=N–C) groups is 1. The zero-order chi connectivity index (χ0) is 24.8. The largest absolute Gasteiger partial charge is 0.418 e. The summed E-state index contributed by atoms with van der Waals surface area (Å²) in [5, 5.41) is 5.48. The summed E-state index contributed by atoms with van der Waals surface area (Å²) in [6.07, 6.45) is -2.32. The molecule has 2 N–H and O–H groups in total. The molecule has 2 aromatic carbocycles. The molecule has 0 fully saturated rings. The van der Waals surface area contributed by atoms with Crippen LogP contribution in [0.4, 0.5) is 19.0 Å². The molecule has 1 aliphatic heterocycles. The van der Waals surface area contributed by atoms with Crippen molar-refractivity contribution in [2.75, 3.05) is 17.6 Å². The zero-order valence-electron chi connectivity index (χ0n) is 18.3. The number of benzene rings is 2. The second-order valence-corrected chi connectivity index (χ2v) is 10.2. The van der Waals surface area contributed by atoms with Crippen molar-refractivity contribution in [1.29, 1.82) is 0 Å². The summed E-state index contributed by atoms with van der Waals surface area (Å²) in [7, 11) is -1.03. The van der Waals surface area contributed by atoms with Crippen LogP contribution in [-0.2, 0) is 11.0 Å². The van der Waals surface area contributed by atoms with E-state index in [0.29, 0.717) is 17.2 Å². The van der Waals surface area contributed by atoms with Gasteiger partial charge in [-0.05, 0) is 22.9 Å². The van der Waals surface area contributed by atoms with Crippen molar-refractivity contribution in [2.24, 2.45) is 4.99 Å². The van der Waals surface area contributed by atoms with Crippen LogP contribution in [0.5, 0.6) is 0 Å². The minimum absolute atomic E-state index is 0.0211. The summed E-state index contributed by atoms with van der Waals surface area (Å²) in [5.41, 5.74) is 2.91. The number of carbonyl (C=O) groups excluding carboxylic acids is 1. The third-order valence-corrected chi connectivity index (χ3v) is 7.67. The summed E-state index contributed by atoms with van der Waals surface area (Å²) in [4.78, 5) is 21.1. The molecule has 0 bridgehead atoms. The predicted molar refractivity (Wildman–Crippen MR) is 136 cm³/mol. The van der Waals surface area contributed by atoms with E-state index in [2.05, 4.69) is 44.9 Å². The minimum Gasteiger partial charge on any atom is -0.306 e. The first kappa shape index (κ1) is 25.0. The molecular weight excluding hydrogens is 497 g/mol. The molecule has 1 unspecified atom stereocenters. The Bertz CT molecular complexity index is 1200. The summed E-state index contributed by atoms with van der Waals surface area (Å²) >= 11 is 5.61. The second kappa shape index (κ2) is 11.1. The van der Waals surface area contributed by atoms with Crippen LogP contribution in [0.3, 0.4) is 0 Å². The molecule has 1 amide bonds. The second-order valence-electron chi connectivity index (χ2n) is 7.68. The maximum Gasteiger partial charge on any atom is 0.418 e. The first-order valence-corrected chi connectivity index (χ1v) is 12.7. The Morgan fingerprint density at radius 1 is 1.03 bits per heavy atom. The normalized spacial score (nSPS) is 16.4. The third kappa shape index (κ3) is 6.30. The summed E-state index contributed by atoms with van der Waals surface area (Å²) in [6, 6.07) is 20.8. The topological polar surface area (TPSA) is 66.4 Å². The molecule has 2 heterocycles. The van der Waals surface area contributed by atoms with Crippen molar-refractivity contribution in [3.8, 4) is 0 Å². The molecule has 5 nitrogen and oxygen atoms in total. The number of nitrogens with zero attached hydrogens (tertiary/aromatic N) is 2. The molecule has 10 heteroatoms. The van der Waals surface area contributed by atoms with E-state index in [1.807, 2.05) is 36.4 Å². The van der Waals surface area contributed by atoms with Crippen LogP contribution in [0.2, 0.25) is 5.02 Å². The van der Waals surface area contributed by atoms with E-state index in [-0.39, 0.29) is 11.9 Å². The van der Waals surface area contributed by atoms with Gasteiger partial charge in [-0.3, -0.25) is 9.79 Å². The Morgan fingerprint density at radius 2 is 1.66 bits per heavy atom. The number of carbonyl (C=O) groups is 1. The van der Waals surface area contributed by atoms with Crippen LogP contribution in [-0.4, -0.2) is 28.7 Å². The van der Waals surface area contributed by atoms with Crippen LogP contribution >= 0.6 is 22.5 Å². The van der Waals surface area contributed by atoms with Crippen LogP contribution in [0, 0.1) is 0 Å². The molecule has 1 aromatic heterocycles. The van der Waals surface area contributed by atoms with E-state index < -0.39 is 33.6 Å². The van der Waals surface area contributed by atoms with Crippen molar-refractivity contribution < 1.29 is 18.0 Å². The van der Waals surface area contributed by atoms with Gasteiger partial charge in [0.15, 0.2) is 0 Å². The van der Waals surface area contributed by atoms with Gasteiger partial charge in [-0.25, -0.2) is 4.98 Å². The standard InChI is InChI=1S/C25H22ClF3N4OS/c26-20-14-32-22(13-19(20)25(27,28)29)33-24(34)21-15-30-16-35(21)12-11-31-23(17-7-3-1-4-8-17)18-9-5-2-6-10-18/h1-10,13-16,23,31,35H,11-12H2,(H,32,33,34). The lowest BCUT2D eigenvalue weighted by Gasteiger charge is -2.22. The van der Waals surface area contributed by atoms with Gasteiger partial charge in [-0.15, -0.1) is 0 Å². The molecular formula is C25H22ClF3N4OS. The average molecular weight is 519 g/mol. The quantitative estimate of drug-likeness (QED) is 0.323. The fraction of sp³-hybridized carbons (Fsp3) is 0.160. The SMILES string of the molecule is O=C(Nc1cc(C(F)(F)F)c(Cl)cn1)C1=CN=C[SH]1CCNC(c1ccccc1)c1ccccc1. The Labute approximate surface area is 208 Å². The first-order chi connectivity index (χ1) is 16.8. The Morgan fingerprint density at radius 3 is 2.26 bits per heavy atom. The van der Waals surface area contributed by atoms with E-state index >= 15 is 0 Å². The molecule has 1 aliphatic rings. The third-order valence-electron chi connectivity index (χ3n) is 5.31. The highest BCUT2D eigenvalue weighted by Gasteiger charge is 2.34. The Balaban J connectivity index is 1.40. The molecule has 35 heavy (non-hydrogen) atoms. The fourth-order valence-corrected chi connectivity index (χ4v) is 5.46. The molecule has 0 saturated heterocycles. The van der Waals surface area contributed by atoms with Gasteiger partial charge in [-0.2, -0.15) is 24.1 Å². The first-order valence-electron chi connectivity index (χ1n) is 10.7. The molecule has 1 atom stereocenters. The number of thiol groups is 1. The average Bonchev–Trinajstić information content (AvgIpc) is 3.32. The van der Waals surface area contributed by atoms with Crippen molar-refractivity contribution in [1.82, 2.24) is 10.3 Å². The van der Waals surface area contributed by atoms with Crippen LogP contribution in [0.25, 0.3) is 0 Å². The molecule has 0 radical (unpaired) electrons. The van der Waals surface area contributed by atoms with Gasteiger partial charge in [-0.1, -0.05) is 72.3 Å². The summed E-state index contributed by atoms with van der Waals surface area (Å²) < 4.78 is 39.4. The van der Waals surface area contributed by atoms with Crippen LogP contribution < -0.4 is 10.6 Å². The fourth-order valence-electron chi connectivity index (χ4n) is 3.64. The van der Waals surface area contributed by atoms with E-state index in [1.165, 1.54) is 6.20 Å². The Hall–Kier alpha value is -3.14. The zero-order valence-corrected chi connectivity index (χ0v) is 20.0. The van der Waals surface area contributed by atoms with Gasteiger partial charge in [0.1, 0.15) is 5.82 Å². The number of hydrogen-bond acceptors (Lipinski definition) is 4. The van der Waals surface area contributed by atoms with Gasteiger partial charge in [0.2, 0.25) is 0 Å². The predicted octanol–water partition coefficient (Wildman–Crippen LogP) is 5.96. The summed E-state index contributed by atoms with van der Waals surface area (Å²) in [5.74, 6) is -0.115. The van der Waals surface area contributed by atoms with E-state index in [0.717, 1.165) is 23.4 Å². The number of halogens is 4. The minimum atomic E-state index is -4.65. The molecule has 0 aliphatic carbocycles. The van der Waals surface area contributed by atoms with Gasteiger partial charge < -0.3 is 10.6 Å². The molecule has 4 rings (SSSR count). The number of amides is 1. The maximum absolute atomic E-state index is 13.1. The highest BCUT2D eigenvalue weighted by atomic mass is 35.5. The van der Waals surface area contributed by atoms with Crippen molar-refractivity contribution in [3.63, 3.8) is 0 Å². The smallest absolute Gasteiger partial charge is 0.306 e. The number of rotatable bonds is 8. The van der Waals surface area contributed by atoms with Gasteiger partial charge in [0, 0.05) is 24.5 Å². The number of anilines is 1. The van der Waals surface area contributed by atoms with E-state index in [4.69, 9.17) is 11.6 Å². The van der Waals surface area contributed by atoms with Gasteiger partial charge >= 0.3 is 6.18 Å². The number of aromatic nitrogens is 1. The molecule has 182 valence electrons. The lowest BCUT2D eigenvalue weighted by molar-refractivity contribution is -0.137. The summed E-state index contributed by atoms with van der Waals surface area (Å²) in [6.45, 7) is 0.605. The van der Waals surface area contributed by atoms with Crippen LogP contribution in [0.1, 0.15) is 22.7 Å². The number of alkyl halides is 3. The molecule has 0 saturated carbocycles. The monoisotopic (exact) mass is 518 g/mol. The van der Waals surface area contributed by atoms with Crippen molar-refractivity contribution >= 4 is 39.8 Å². The maximum atomic E-state index is 13.1. The lowest BCUT2D eigenvalue weighted by Crippen LogP contribution is -2.26. The Kier molecular flexibility index (Phi) is 7.90. The van der Waals surface area contributed by atoms with Gasteiger partial charge in [0.05, 0.1) is 21.5 Å². The lowest BCUT2D eigenvalue weighted by atomic mass is 9.99.